The first kappa shape index (κ1) is 15.5. The van der Waals surface area contributed by atoms with Crippen LogP contribution in [0.25, 0.3) is 0 Å². The molecule has 0 aliphatic heterocycles. The standard InChI is InChI=1S/C13H17F3N2O/c1-12(2,17)7-11(19)18-8-9-3-5-10(6-4-9)13(14,15)16/h3-6H,7-8,17H2,1-2H3,(H,18,19). The molecule has 0 radical (unpaired) electrons. The maximum absolute atomic E-state index is 12.3. The molecule has 0 aromatic heterocycles. The van der Waals surface area contributed by atoms with Gasteiger partial charge in [-0.25, -0.2) is 0 Å². The molecule has 0 heterocycles. The minimum Gasteiger partial charge on any atom is -0.352 e. The Morgan fingerprint density at radius 3 is 2.16 bits per heavy atom. The molecule has 3 nitrogen and oxygen atoms in total. The van der Waals surface area contributed by atoms with Crippen molar-refractivity contribution in [1.29, 1.82) is 0 Å². The summed E-state index contributed by atoms with van der Waals surface area (Å²) in [4.78, 5) is 11.5. The number of halogens is 3. The molecule has 1 aromatic carbocycles. The Morgan fingerprint density at radius 1 is 1.21 bits per heavy atom. The fraction of sp³-hybridized carbons (Fsp3) is 0.462. The van der Waals surface area contributed by atoms with Crippen LogP contribution in [-0.4, -0.2) is 11.4 Å². The van der Waals surface area contributed by atoms with Crippen molar-refractivity contribution in [3.8, 4) is 0 Å². The molecule has 0 atom stereocenters. The lowest BCUT2D eigenvalue weighted by molar-refractivity contribution is -0.137. The van der Waals surface area contributed by atoms with Gasteiger partial charge in [-0.2, -0.15) is 13.2 Å². The number of alkyl halides is 3. The van der Waals surface area contributed by atoms with Crippen LogP contribution in [-0.2, 0) is 17.5 Å². The predicted molar refractivity (Wildman–Crippen MR) is 66.2 cm³/mol. The van der Waals surface area contributed by atoms with Crippen LogP contribution in [0.2, 0.25) is 0 Å². The first-order valence-electron chi connectivity index (χ1n) is 5.80. The highest BCUT2D eigenvalue weighted by atomic mass is 19.4. The van der Waals surface area contributed by atoms with E-state index >= 15 is 0 Å². The number of carbonyl (C=O) groups excluding carboxylic acids is 1. The van der Waals surface area contributed by atoms with E-state index in [1.807, 2.05) is 0 Å². The molecule has 3 N–H and O–H groups in total. The summed E-state index contributed by atoms with van der Waals surface area (Å²) < 4.78 is 37.0. The molecule has 0 saturated heterocycles. The van der Waals surface area contributed by atoms with Gasteiger partial charge < -0.3 is 11.1 Å². The van der Waals surface area contributed by atoms with Crippen molar-refractivity contribution in [2.24, 2.45) is 5.73 Å². The minimum atomic E-state index is -4.34. The molecule has 0 spiro atoms. The van der Waals surface area contributed by atoms with E-state index in [1.54, 1.807) is 13.8 Å². The zero-order valence-corrected chi connectivity index (χ0v) is 10.8. The molecular formula is C13H17F3N2O. The average molecular weight is 274 g/mol. The summed E-state index contributed by atoms with van der Waals surface area (Å²) >= 11 is 0. The van der Waals surface area contributed by atoms with Gasteiger partial charge in [0.1, 0.15) is 0 Å². The monoisotopic (exact) mass is 274 g/mol. The lowest BCUT2D eigenvalue weighted by atomic mass is 10.0. The van der Waals surface area contributed by atoms with Crippen LogP contribution in [0.3, 0.4) is 0 Å². The summed E-state index contributed by atoms with van der Waals surface area (Å²) in [6.07, 6.45) is -4.18. The lowest BCUT2D eigenvalue weighted by Gasteiger charge is -2.17. The van der Waals surface area contributed by atoms with E-state index in [4.69, 9.17) is 5.73 Å². The smallest absolute Gasteiger partial charge is 0.352 e. The van der Waals surface area contributed by atoms with Gasteiger partial charge in [0.05, 0.1) is 5.56 Å². The number of nitrogens with two attached hydrogens (primary N) is 1. The predicted octanol–water partition coefficient (Wildman–Crippen LogP) is 2.45. The number of hydrogen-bond donors (Lipinski definition) is 2. The number of hydrogen-bond acceptors (Lipinski definition) is 2. The van der Waals surface area contributed by atoms with Crippen molar-refractivity contribution >= 4 is 5.91 Å². The van der Waals surface area contributed by atoms with Crippen LogP contribution in [0.4, 0.5) is 13.2 Å². The van der Waals surface area contributed by atoms with E-state index in [1.165, 1.54) is 12.1 Å². The van der Waals surface area contributed by atoms with Crippen molar-refractivity contribution < 1.29 is 18.0 Å². The van der Waals surface area contributed by atoms with E-state index in [-0.39, 0.29) is 18.9 Å². The molecule has 6 heteroatoms. The van der Waals surface area contributed by atoms with Crippen LogP contribution in [0.5, 0.6) is 0 Å². The van der Waals surface area contributed by atoms with Crippen LogP contribution < -0.4 is 11.1 Å². The largest absolute Gasteiger partial charge is 0.416 e. The average Bonchev–Trinajstić information content (AvgIpc) is 2.23. The summed E-state index contributed by atoms with van der Waals surface area (Å²) in [5, 5.41) is 2.61. The highest BCUT2D eigenvalue weighted by Crippen LogP contribution is 2.29. The minimum absolute atomic E-state index is 0.160. The topological polar surface area (TPSA) is 55.1 Å². The SMILES string of the molecule is CC(C)(N)CC(=O)NCc1ccc(C(F)(F)F)cc1. The Hall–Kier alpha value is -1.56. The molecule has 19 heavy (non-hydrogen) atoms. The summed E-state index contributed by atoms with van der Waals surface area (Å²) in [5.74, 6) is -0.229. The second kappa shape index (κ2) is 5.61. The molecule has 1 rings (SSSR count). The van der Waals surface area contributed by atoms with E-state index < -0.39 is 17.3 Å². The van der Waals surface area contributed by atoms with Crippen LogP contribution >= 0.6 is 0 Å². The van der Waals surface area contributed by atoms with Crippen molar-refractivity contribution in [3.05, 3.63) is 35.4 Å². The molecule has 1 amide bonds. The van der Waals surface area contributed by atoms with E-state index in [0.717, 1.165) is 12.1 Å². The molecule has 0 bridgehead atoms. The number of nitrogens with one attached hydrogen (secondary N) is 1. The highest BCUT2D eigenvalue weighted by Gasteiger charge is 2.29. The van der Waals surface area contributed by atoms with Crippen LogP contribution in [0.15, 0.2) is 24.3 Å². The van der Waals surface area contributed by atoms with Crippen molar-refractivity contribution in [2.75, 3.05) is 0 Å². The quantitative estimate of drug-likeness (QED) is 0.886. The molecular weight excluding hydrogens is 257 g/mol. The van der Waals surface area contributed by atoms with Gasteiger partial charge in [0, 0.05) is 18.5 Å². The van der Waals surface area contributed by atoms with Gasteiger partial charge in [0.2, 0.25) is 5.91 Å². The summed E-state index contributed by atoms with van der Waals surface area (Å²) in [6, 6.07) is 4.68. The van der Waals surface area contributed by atoms with Gasteiger partial charge in [-0.15, -0.1) is 0 Å². The van der Waals surface area contributed by atoms with Gasteiger partial charge in [0.15, 0.2) is 0 Å². The number of benzene rings is 1. The Kier molecular flexibility index (Phi) is 4.57. The summed E-state index contributed by atoms with van der Waals surface area (Å²) in [7, 11) is 0. The zero-order valence-electron chi connectivity index (χ0n) is 10.8. The van der Waals surface area contributed by atoms with Gasteiger partial charge in [-0.05, 0) is 31.5 Å². The molecule has 0 aliphatic rings. The summed E-state index contributed by atoms with van der Waals surface area (Å²) in [5.41, 5.74) is 4.98. The van der Waals surface area contributed by atoms with E-state index in [0.29, 0.717) is 5.56 Å². The second-order valence-electron chi connectivity index (χ2n) is 5.14. The third kappa shape index (κ3) is 5.74. The van der Waals surface area contributed by atoms with Gasteiger partial charge in [-0.3, -0.25) is 4.79 Å². The maximum atomic E-state index is 12.3. The molecule has 1 aromatic rings. The Labute approximate surface area is 110 Å². The van der Waals surface area contributed by atoms with E-state index in [9.17, 15) is 18.0 Å². The number of carbonyl (C=O) groups is 1. The van der Waals surface area contributed by atoms with Crippen molar-refractivity contribution in [1.82, 2.24) is 5.32 Å². The van der Waals surface area contributed by atoms with Gasteiger partial charge >= 0.3 is 6.18 Å². The Bertz CT molecular complexity index is 433. The molecule has 106 valence electrons. The van der Waals surface area contributed by atoms with Crippen molar-refractivity contribution in [2.45, 2.75) is 38.5 Å². The highest BCUT2D eigenvalue weighted by molar-refractivity contribution is 5.77. The molecule has 0 saturated carbocycles. The number of rotatable bonds is 4. The third-order valence-corrected chi connectivity index (χ3v) is 2.39. The normalized spacial score (nSPS) is 12.3. The summed E-state index contributed by atoms with van der Waals surface area (Å²) in [6.45, 7) is 3.64. The van der Waals surface area contributed by atoms with Crippen LogP contribution in [0.1, 0.15) is 31.4 Å². The second-order valence-corrected chi connectivity index (χ2v) is 5.14. The van der Waals surface area contributed by atoms with Gasteiger partial charge in [-0.1, -0.05) is 12.1 Å². The maximum Gasteiger partial charge on any atom is 0.416 e. The van der Waals surface area contributed by atoms with E-state index in [2.05, 4.69) is 5.32 Å². The Morgan fingerprint density at radius 2 is 1.74 bits per heavy atom. The van der Waals surface area contributed by atoms with Crippen molar-refractivity contribution in [3.63, 3.8) is 0 Å². The lowest BCUT2D eigenvalue weighted by Crippen LogP contribution is -2.38. The fourth-order valence-corrected chi connectivity index (χ4v) is 1.49. The molecule has 0 aliphatic carbocycles. The number of amides is 1. The zero-order chi connectivity index (χ0) is 14.7. The third-order valence-electron chi connectivity index (χ3n) is 2.39. The molecule has 0 unspecified atom stereocenters. The first-order chi connectivity index (χ1) is 8.58. The Balaban J connectivity index is 2.53. The van der Waals surface area contributed by atoms with Gasteiger partial charge in [0.25, 0.3) is 0 Å². The molecule has 0 fully saturated rings. The first-order valence-corrected chi connectivity index (χ1v) is 5.80. The fourth-order valence-electron chi connectivity index (χ4n) is 1.49. The van der Waals surface area contributed by atoms with Crippen LogP contribution in [0, 0.1) is 0 Å².